The fourth-order valence-corrected chi connectivity index (χ4v) is 1.87. The summed E-state index contributed by atoms with van der Waals surface area (Å²) in [4.78, 5) is 20.2. The first-order valence-electron chi connectivity index (χ1n) is 6.11. The Balaban J connectivity index is 1.78. The van der Waals surface area contributed by atoms with E-state index in [1.54, 1.807) is 29.2 Å². The Kier molecular flexibility index (Phi) is 3.12. The first-order valence-corrected chi connectivity index (χ1v) is 6.11. The molecule has 0 bridgehead atoms. The molecule has 0 amide bonds. The molecule has 0 atom stereocenters. The van der Waals surface area contributed by atoms with Crippen molar-refractivity contribution in [3.63, 3.8) is 0 Å². The predicted octanol–water partition coefficient (Wildman–Crippen LogP) is 1.90. The minimum atomic E-state index is -0.0502. The van der Waals surface area contributed by atoms with Crippen LogP contribution in [-0.2, 0) is 13.5 Å². The SMILES string of the molecule is Cn1cncc1-c1noc(CC(=O)c2ccccc2)n1. The molecule has 0 spiro atoms. The Morgan fingerprint density at radius 3 is 2.80 bits per heavy atom. The lowest BCUT2D eigenvalue weighted by molar-refractivity contribution is 0.0983. The van der Waals surface area contributed by atoms with Gasteiger partial charge in [-0.1, -0.05) is 35.5 Å². The van der Waals surface area contributed by atoms with E-state index in [2.05, 4.69) is 15.1 Å². The molecule has 0 saturated heterocycles. The van der Waals surface area contributed by atoms with E-state index in [0.717, 1.165) is 5.69 Å². The summed E-state index contributed by atoms with van der Waals surface area (Å²) in [5.41, 5.74) is 1.37. The van der Waals surface area contributed by atoms with E-state index >= 15 is 0 Å². The van der Waals surface area contributed by atoms with Crippen LogP contribution in [0.1, 0.15) is 16.2 Å². The number of aromatic nitrogens is 4. The number of imidazole rings is 1. The Morgan fingerprint density at radius 1 is 1.30 bits per heavy atom. The van der Waals surface area contributed by atoms with Crippen LogP contribution in [-0.4, -0.2) is 25.5 Å². The van der Waals surface area contributed by atoms with Crippen molar-refractivity contribution >= 4 is 5.78 Å². The van der Waals surface area contributed by atoms with Crippen LogP contribution in [0, 0.1) is 0 Å². The van der Waals surface area contributed by atoms with E-state index in [4.69, 9.17) is 4.52 Å². The van der Waals surface area contributed by atoms with E-state index in [1.807, 2.05) is 25.2 Å². The Bertz CT molecular complexity index is 730. The van der Waals surface area contributed by atoms with Gasteiger partial charge in [0.1, 0.15) is 5.69 Å². The van der Waals surface area contributed by atoms with Gasteiger partial charge in [0.25, 0.3) is 0 Å². The maximum atomic E-state index is 12.0. The number of hydrogen-bond donors (Lipinski definition) is 0. The Labute approximate surface area is 115 Å². The Morgan fingerprint density at radius 2 is 2.10 bits per heavy atom. The molecule has 0 saturated carbocycles. The van der Waals surface area contributed by atoms with Gasteiger partial charge in [0.2, 0.25) is 11.7 Å². The highest BCUT2D eigenvalue weighted by molar-refractivity contribution is 5.96. The van der Waals surface area contributed by atoms with Crippen LogP contribution in [0.5, 0.6) is 0 Å². The first kappa shape index (κ1) is 12.3. The number of ketones is 1. The summed E-state index contributed by atoms with van der Waals surface area (Å²) in [5.74, 6) is 0.682. The molecule has 3 aromatic rings. The highest BCUT2D eigenvalue weighted by Crippen LogP contribution is 2.15. The van der Waals surface area contributed by atoms with Crippen LogP contribution in [0.4, 0.5) is 0 Å². The lowest BCUT2D eigenvalue weighted by Gasteiger charge is -1.96. The van der Waals surface area contributed by atoms with Crippen LogP contribution >= 0.6 is 0 Å². The molecule has 0 unspecified atom stereocenters. The fourth-order valence-electron chi connectivity index (χ4n) is 1.87. The number of benzene rings is 1. The zero-order chi connectivity index (χ0) is 13.9. The van der Waals surface area contributed by atoms with Crippen LogP contribution in [0.2, 0.25) is 0 Å². The molecule has 100 valence electrons. The minimum Gasteiger partial charge on any atom is -0.338 e. The maximum Gasteiger partial charge on any atom is 0.234 e. The topological polar surface area (TPSA) is 73.8 Å². The standard InChI is InChI=1S/C14H12N4O2/c1-18-9-15-8-11(18)14-16-13(20-17-14)7-12(19)10-5-3-2-4-6-10/h2-6,8-9H,7H2,1H3. The number of nitrogens with zero attached hydrogens (tertiary/aromatic N) is 4. The smallest absolute Gasteiger partial charge is 0.234 e. The molecule has 0 aliphatic heterocycles. The molecule has 0 radical (unpaired) electrons. The molecule has 6 heteroatoms. The average molecular weight is 268 g/mol. The molecule has 1 aromatic carbocycles. The van der Waals surface area contributed by atoms with Gasteiger partial charge in [0.15, 0.2) is 5.78 Å². The zero-order valence-corrected chi connectivity index (χ0v) is 10.9. The normalized spacial score (nSPS) is 10.7. The minimum absolute atomic E-state index is 0.0502. The third-order valence-corrected chi connectivity index (χ3v) is 2.92. The van der Waals surface area contributed by atoms with E-state index in [1.165, 1.54) is 0 Å². The number of carbonyl (C=O) groups excluding carboxylic acids is 1. The molecular formula is C14H12N4O2. The molecule has 0 aliphatic rings. The van der Waals surface area contributed by atoms with Crippen molar-refractivity contribution in [2.45, 2.75) is 6.42 Å². The van der Waals surface area contributed by atoms with Gasteiger partial charge >= 0.3 is 0 Å². The second-order valence-electron chi connectivity index (χ2n) is 4.37. The largest absolute Gasteiger partial charge is 0.338 e. The molecule has 2 aromatic heterocycles. The number of rotatable bonds is 4. The van der Waals surface area contributed by atoms with Gasteiger partial charge in [-0.05, 0) is 0 Å². The quantitative estimate of drug-likeness (QED) is 0.675. The van der Waals surface area contributed by atoms with Crippen molar-refractivity contribution in [3.8, 4) is 11.5 Å². The fraction of sp³-hybridized carbons (Fsp3) is 0.143. The van der Waals surface area contributed by atoms with Gasteiger partial charge < -0.3 is 9.09 Å². The number of hydrogen-bond acceptors (Lipinski definition) is 5. The van der Waals surface area contributed by atoms with Gasteiger partial charge in [-0.25, -0.2) is 4.98 Å². The van der Waals surface area contributed by atoms with Crippen molar-refractivity contribution < 1.29 is 9.32 Å². The molecule has 20 heavy (non-hydrogen) atoms. The van der Waals surface area contributed by atoms with E-state index in [-0.39, 0.29) is 12.2 Å². The molecule has 3 rings (SSSR count). The third-order valence-electron chi connectivity index (χ3n) is 2.92. The van der Waals surface area contributed by atoms with E-state index < -0.39 is 0 Å². The average Bonchev–Trinajstić information content (AvgIpc) is 3.08. The van der Waals surface area contributed by atoms with Crippen molar-refractivity contribution in [1.29, 1.82) is 0 Å². The summed E-state index contributed by atoms with van der Waals surface area (Å²) in [7, 11) is 1.84. The summed E-state index contributed by atoms with van der Waals surface area (Å²) < 4.78 is 6.90. The highest BCUT2D eigenvalue weighted by Gasteiger charge is 2.15. The second-order valence-corrected chi connectivity index (χ2v) is 4.37. The second kappa shape index (κ2) is 5.08. The summed E-state index contributed by atoms with van der Waals surface area (Å²) in [6.07, 6.45) is 3.39. The van der Waals surface area contributed by atoms with Gasteiger partial charge in [-0.2, -0.15) is 4.98 Å². The summed E-state index contributed by atoms with van der Waals surface area (Å²) >= 11 is 0. The highest BCUT2D eigenvalue weighted by atomic mass is 16.5. The summed E-state index contributed by atoms with van der Waals surface area (Å²) in [6, 6.07) is 9.04. The number of carbonyl (C=O) groups is 1. The predicted molar refractivity (Wildman–Crippen MR) is 71.0 cm³/mol. The van der Waals surface area contributed by atoms with Crippen molar-refractivity contribution in [3.05, 3.63) is 54.3 Å². The molecule has 0 N–H and O–H groups in total. The van der Waals surface area contributed by atoms with Crippen LogP contribution < -0.4 is 0 Å². The summed E-state index contributed by atoms with van der Waals surface area (Å²) in [5, 5.41) is 3.87. The summed E-state index contributed by atoms with van der Waals surface area (Å²) in [6.45, 7) is 0. The lowest BCUT2D eigenvalue weighted by atomic mass is 10.1. The van der Waals surface area contributed by atoms with Crippen molar-refractivity contribution in [1.82, 2.24) is 19.7 Å². The van der Waals surface area contributed by atoms with E-state index in [9.17, 15) is 4.79 Å². The molecule has 6 nitrogen and oxygen atoms in total. The number of Topliss-reactive ketones (excluding diaryl/α,β-unsaturated/α-hetero) is 1. The van der Waals surface area contributed by atoms with Gasteiger partial charge in [0.05, 0.1) is 18.9 Å². The van der Waals surface area contributed by atoms with Gasteiger partial charge in [0, 0.05) is 12.6 Å². The molecule has 2 heterocycles. The molecular weight excluding hydrogens is 256 g/mol. The third kappa shape index (κ3) is 2.35. The first-order chi connectivity index (χ1) is 9.74. The zero-order valence-electron chi connectivity index (χ0n) is 10.9. The monoisotopic (exact) mass is 268 g/mol. The molecule has 0 fully saturated rings. The van der Waals surface area contributed by atoms with Crippen molar-refractivity contribution in [2.24, 2.45) is 7.05 Å². The lowest BCUT2D eigenvalue weighted by Crippen LogP contribution is -2.03. The van der Waals surface area contributed by atoms with Crippen molar-refractivity contribution in [2.75, 3.05) is 0 Å². The van der Waals surface area contributed by atoms with Crippen LogP contribution in [0.3, 0.4) is 0 Å². The van der Waals surface area contributed by atoms with Crippen LogP contribution in [0.25, 0.3) is 11.5 Å². The molecule has 0 aliphatic carbocycles. The van der Waals surface area contributed by atoms with Gasteiger partial charge in [-0.15, -0.1) is 0 Å². The maximum absolute atomic E-state index is 12.0. The van der Waals surface area contributed by atoms with E-state index in [0.29, 0.717) is 17.3 Å². The van der Waals surface area contributed by atoms with Gasteiger partial charge in [-0.3, -0.25) is 4.79 Å². The Hall–Kier alpha value is -2.76. The van der Waals surface area contributed by atoms with Crippen LogP contribution in [0.15, 0.2) is 47.4 Å². The number of aryl methyl sites for hydroxylation is 1.